The minimum absolute atomic E-state index is 0.137. The van der Waals surface area contributed by atoms with E-state index in [1.807, 2.05) is 13.0 Å². The summed E-state index contributed by atoms with van der Waals surface area (Å²) in [6.07, 6.45) is 0. The zero-order valence-corrected chi connectivity index (χ0v) is 7.23. The van der Waals surface area contributed by atoms with E-state index in [0.29, 0.717) is 15.7 Å². The van der Waals surface area contributed by atoms with Crippen LogP contribution in [0.25, 0.3) is 11.2 Å². The van der Waals surface area contributed by atoms with E-state index in [0.717, 1.165) is 5.69 Å². The van der Waals surface area contributed by atoms with Gasteiger partial charge in [-0.15, -0.1) is 0 Å². The summed E-state index contributed by atoms with van der Waals surface area (Å²) in [5.74, 6) is 0. The summed E-state index contributed by atoms with van der Waals surface area (Å²) in [5, 5.41) is 0. The molecule has 0 radical (unpaired) electrons. The number of nitrogen functional groups attached to an aromatic ring is 1. The Balaban J connectivity index is 2.98. The van der Waals surface area contributed by atoms with Crippen molar-refractivity contribution in [2.24, 2.45) is 0 Å². The summed E-state index contributed by atoms with van der Waals surface area (Å²) in [4.78, 5) is 6.92. The molecule has 12 heavy (non-hydrogen) atoms. The Bertz CT molecular complexity index is 485. The summed E-state index contributed by atoms with van der Waals surface area (Å²) < 4.78 is 5.71. The predicted octanol–water partition coefficient (Wildman–Crippen LogP) is 1.78. The molecule has 4 nitrogen and oxygen atoms in total. The number of fused-ring (bicyclic) bond motifs is 1. The van der Waals surface area contributed by atoms with Gasteiger partial charge in [-0.1, -0.05) is 12.2 Å². The molecule has 0 saturated heterocycles. The van der Waals surface area contributed by atoms with E-state index in [2.05, 4.69) is 9.97 Å². The third-order valence-corrected chi connectivity index (χ3v) is 1.83. The third-order valence-electron chi connectivity index (χ3n) is 1.53. The summed E-state index contributed by atoms with van der Waals surface area (Å²) in [5.41, 5.74) is 7.47. The van der Waals surface area contributed by atoms with E-state index < -0.39 is 0 Å². The first-order chi connectivity index (χ1) is 5.66. The zero-order chi connectivity index (χ0) is 8.72. The van der Waals surface area contributed by atoms with Crippen LogP contribution in [0.5, 0.6) is 0 Å². The van der Waals surface area contributed by atoms with Crippen LogP contribution in [0.15, 0.2) is 10.5 Å². The van der Waals surface area contributed by atoms with Gasteiger partial charge in [0.05, 0.1) is 4.51 Å². The van der Waals surface area contributed by atoms with Crippen LogP contribution >= 0.6 is 12.2 Å². The molecule has 0 aliphatic carbocycles. The highest BCUT2D eigenvalue weighted by molar-refractivity contribution is 7.71. The number of aryl methyl sites for hydroxylation is 1. The predicted molar refractivity (Wildman–Crippen MR) is 48.3 cm³/mol. The van der Waals surface area contributed by atoms with Gasteiger partial charge in [0.15, 0.2) is 11.2 Å². The highest BCUT2D eigenvalue weighted by Gasteiger charge is 2.04. The second-order valence-corrected chi connectivity index (χ2v) is 2.99. The molecule has 0 fully saturated rings. The van der Waals surface area contributed by atoms with Crippen molar-refractivity contribution in [3.63, 3.8) is 0 Å². The van der Waals surface area contributed by atoms with E-state index in [1.54, 1.807) is 0 Å². The van der Waals surface area contributed by atoms with Gasteiger partial charge in [-0.25, -0.2) is 0 Å². The lowest BCUT2D eigenvalue weighted by Crippen LogP contribution is -1.83. The summed E-state index contributed by atoms with van der Waals surface area (Å²) in [6.45, 7) is 1.90. The summed E-state index contributed by atoms with van der Waals surface area (Å²) in [7, 11) is 0. The first kappa shape index (κ1) is 7.30. The SMILES string of the molecule is Cc1cc(=S)c2oc(N)nc2[nH]1. The normalized spacial score (nSPS) is 10.8. The first-order valence-corrected chi connectivity index (χ1v) is 3.83. The largest absolute Gasteiger partial charge is 0.420 e. The van der Waals surface area contributed by atoms with Gasteiger partial charge in [-0.2, -0.15) is 4.98 Å². The van der Waals surface area contributed by atoms with Crippen LogP contribution < -0.4 is 5.73 Å². The monoisotopic (exact) mass is 181 g/mol. The molecule has 0 aromatic carbocycles. The van der Waals surface area contributed by atoms with Crippen molar-refractivity contribution in [1.29, 1.82) is 0 Å². The standard InChI is InChI=1S/C7H7N3OS/c1-3-2-4(12)5-6(9-3)10-7(8)11-5/h2H,1H3,(H3,8,9,10,12). The molecule has 62 valence electrons. The Labute approximate surface area is 73.4 Å². The smallest absolute Gasteiger partial charge is 0.294 e. The maximum Gasteiger partial charge on any atom is 0.294 e. The first-order valence-electron chi connectivity index (χ1n) is 3.43. The van der Waals surface area contributed by atoms with Crippen molar-refractivity contribution in [3.8, 4) is 0 Å². The minimum atomic E-state index is 0.137. The average Bonchev–Trinajstić information content (AvgIpc) is 2.29. The van der Waals surface area contributed by atoms with Gasteiger partial charge in [0.25, 0.3) is 6.01 Å². The van der Waals surface area contributed by atoms with Gasteiger partial charge in [-0.3, -0.25) is 0 Å². The van der Waals surface area contributed by atoms with Crippen molar-refractivity contribution in [2.45, 2.75) is 6.92 Å². The van der Waals surface area contributed by atoms with Crippen molar-refractivity contribution in [3.05, 3.63) is 16.3 Å². The molecule has 0 aliphatic heterocycles. The molecule has 0 unspecified atom stereocenters. The molecule has 2 heterocycles. The number of nitrogens with one attached hydrogen (secondary N) is 1. The van der Waals surface area contributed by atoms with Gasteiger partial charge < -0.3 is 15.1 Å². The van der Waals surface area contributed by atoms with Crippen LogP contribution in [0, 0.1) is 11.4 Å². The Hall–Kier alpha value is -1.36. The maximum atomic E-state index is 5.37. The molecule has 2 rings (SSSR count). The Kier molecular flexibility index (Phi) is 1.41. The quantitative estimate of drug-likeness (QED) is 0.608. The molecular weight excluding hydrogens is 174 g/mol. The fourth-order valence-corrected chi connectivity index (χ4v) is 1.39. The van der Waals surface area contributed by atoms with Crippen molar-refractivity contribution in [1.82, 2.24) is 9.97 Å². The fourth-order valence-electron chi connectivity index (χ4n) is 1.07. The van der Waals surface area contributed by atoms with Gasteiger partial charge in [0.1, 0.15) is 0 Å². The number of nitrogens with two attached hydrogens (primary N) is 1. The molecule has 2 aromatic heterocycles. The average molecular weight is 181 g/mol. The van der Waals surface area contributed by atoms with Gasteiger partial charge >= 0.3 is 0 Å². The van der Waals surface area contributed by atoms with Crippen molar-refractivity contribution < 1.29 is 4.42 Å². The number of nitrogens with zero attached hydrogens (tertiary/aromatic N) is 1. The highest BCUT2D eigenvalue weighted by Crippen LogP contribution is 2.16. The number of aromatic nitrogens is 2. The number of hydrogen-bond donors (Lipinski definition) is 2. The van der Waals surface area contributed by atoms with Crippen LogP contribution in [0.1, 0.15) is 5.69 Å². The molecule has 0 spiro atoms. The number of rotatable bonds is 0. The van der Waals surface area contributed by atoms with Crippen LogP contribution in [0.4, 0.5) is 6.01 Å². The lowest BCUT2D eigenvalue weighted by atomic mass is 10.4. The fraction of sp³-hybridized carbons (Fsp3) is 0.143. The number of pyridine rings is 1. The topological polar surface area (TPSA) is 67.8 Å². The molecule has 0 aliphatic rings. The molecule has 0 atom stereocenters. The van der Waals surface area contributed by atoms with E-state index >= 15 is 0 Å². The number of H-pyrrole nitrogens is 1. The zero-order valence-electron chi connectivity index (χ0n) is 6.42. The van der Waals surface area contributed by atoms with Crippen LogP contribution in [-0.2, 0) is 0 Å². The van der Waals surface area contributed by atoms with Gasteiger partial charge in [0, 0.05) is 5.69 Å². The second-order valence-electron chi connectivity index (χ2n) is 2.55. The Morgan fingerprint density at radius 2 is 2.42 bits per heavy atom. The van der Waals surface area contributed by atoms with Crippen LogP contribution in [0.3, 0.4) is 0 Å². The van der Waals surface area contributed by atoms with E-state index in [9.17, 15) is 0 Å². The number of oxazole rings is 1. The Morgan fingerprint density at radius 3 is 3.17 bits per heavy atom. The number of aromatic amines is 1. The lowest BCUT2D eigenvalue weighted by Gasteiger charge is -1.90. The third kappa shape index (κ3) is 0.984. The van der Waals surface area contributed by atoms with E-state index in [1.165, 1.54) is 0 Å². The maximum absolute atomic E-state index is 5.37. The summed E-state index contributed by atoms with van der Waals surface area (Å²) >= 11 is 5.05. The summed E-state index contributed by atoms with van der Waals surface area (Å²) in [6, 6.07) is 1.94. The Morgan fingerprint density at radius 1 is 1.67 bits per heavy atom. The van der Waals surface area contributed by atoms with Gasteiger partial charge in [-0.05, 0) is 13.0 Å². The second kappa shape index (κ2) is 2.31. The molecule has 3 N–H and O–H groups in total. The minimum Gasteiger partial charge on any atom is -0.420 e. The van der Waals surface area contributed by atoms with Crippen LogP contribution in [0.2, 0.25) is 0 Å². The van der Waals surface area contributed by atoms with Crippen molar-refractivity contribution in [2.75, 3.05) is 5.73 Å². The molecule has 0 amide bonds. The molecule has 2 aromatic rings. The van der Waals surface area contributed by atoms with E-state index in [4.69, 9.17) is 22.4 Å². The van der Waals surface area contributed by atoms with E-state index in [-0.39, 0.29) is 6.01 Å². The molecule has 0 bridgehead atoms. The van der Waals surface area contributed by atoms with Crippen LogP contribution in [-0.4, -0.2) is 9.97 Å². The lowest BCUT2D eigenvalue weighted by molar-refractivity contribution is 0.625. The molecular formula is C7H7N3OS. The van der Waals surface area contributed by atoms with Gasteiger partial charge in [0.2, 0.25) is 0 Å². The highest BCUT2D eigenvalue weighted by atomic mass is 32.1. The van der Waals surface area contributed by atoms with Crippen molar-refractivity contribution >= 4 is 29.5 Å². The molecule has 0 saturated carbocycles. The number of anilines is 1. The molecule has 5 heteroatoms. The number of hydrogen-bond acceptors (Lipinski definition) is 4.